The number of halogens is 1. The maximum Gasteiger partial charge on any atom is 0.353 e. The monoisotopic (exact) mass is 521 g/mol. The molecule has 0 bridgehead atoms. The van der Waals surface area contributed by atoms with E-state index in [-0.39, 0.29) is 23.2 Å². The smallest absolute Gasteiger partial charge is 0.353 e. The lowest BCUT2D eigenvalue weighted by atomic mass is 10.1. The van der Waals surface area contributed by atoms with Gasteiger partial charge in [0.1, 0.15) is 12.1 Å². The summed E-state index contributed by atoms with van der Waals surface area (Å²) >= 11 is 0. The lowest BCUT2D eigenvalue weighted by Gasteiger charge is -2.37. The quantitative estimate of drug-likeness (QED) is 0.356. The lowest BCUT2D eigenvalue weighted by Crippen LogP contribution is -2.48. The summed E-state index contributed by atoms with van der Waals surface area (Å²) < 4.78 is 24.2. The van der Waals surface area contributed by atoms with Crippen LogP contribution in [0.3, 0.4) is 0 Å². The molecule has 3 aliphatic rings. The number of piperazine rings is 2. The maximum absolute atomic E-state index is 13.3. The molecule has 0 N–H and O–H groups in total. The molecular weight excluding hydrogens is 493 g/mol. The molecule has 2 fully saturated rings. The minimum absolute atomic E-state index is 0.0491. The number of fused-ring (bicyclic) bond motifs is 1. The van der Waals surface area contributed by atoms with E-state index in [0.717, 1.165) is 42.4 Å². The Bertz CT molecular complexity index is 1310. The van der Waals surface area contributed by atoms with Crippen LogP contribution in [0.4, 0.5) is 27.4 Å². The normalized spacial score (nSPS) is 17.7. The van der Waals surface area contributed by atoms with Crippen LogP contribution in [0, 0.1) is 15.9 Å². The van der Waals surface area contributed by atoms with Gasteiger partial charge in [0.15, 0.2) is 11.5 Å². The van der Waals surface area contributed by atoms with Crippen LogP contribution in [-0.2, 0) is 6.54 Å². The molecule has 6 rings (SSSR count). The number of rotatable bonds is 6. The van der Waals surface area contributed by atoms with Gasteiger partial charge in [0.25, 0.3) is 0 Å². The van der Waals surface area contributed by atoms with E-state index in [1.54, 1.807) is 12.1 Å². The predicted molar refractivity (Wildman–Crippen MR) is 140 cm³/mol. The van der Waals surface area contributed by atoms with Crippen molar-refractivity contribution in [1.82, 2.24) is 14.9 Å². The summed E-state index contributed by atoms with van der Waals surface area (Å²) in [6.45, 7) is 6.21. The highest BCUT2D eigenvalue weighted by molar-refractivity contribution is 5.72. The third kappa shape index (κ3) is 4.86. The van der Waals surface area contributed by atoms with E-state index in [9.17, 15) is 14.5 Å². The van der Waals surface area contributed by atoms with Crippen LogP contribution in [0.15, 0.2) is 48.8 Å². The van der Waals surface area contributed by atoms with Crippen LogP contribution in [-0.4, -0.2) is 78.9 Å². The number of hydrogen-bond donors (Lipinski definition) is 0. The van der Waals surface area contributed by atoms with Crippen molar-refractivity contribution in [3.63, 3.8) is 0 Å². The van der Waals surface area contributed by atoms with Gasteiger partial charge in [-0.3, -0.25) is 15.0 Å². The molecule has 3 aromatic rings. The Kier molecular flexibility index (Phi) is 6.54. The zero-order valence-corrected chi connectivity index (χ0v) is 20.8. The second-order valence-corrected chi connectivity index (χ2v) is 9.53. The molecule has 3 aliphatic heterocycles. The third-order valence-electron chi connectivity index (χ3n) is 7.25. The van der Waals surface area contributed by atoms with Crippen LogP contribution >= 0.6 is 0 Å². The first-order valence-corrected chi connectivity index (χ1v) is 12.7. The van der Waals surface area contributed by atoms with Gasteiger partial charge in [-0.2, -0.15) is 0 Å². The maximum atomic E-state index is 13.3. The van der Waals surface area contributed by atoms with Crippen molar-refractivity contribution in [1.29, 1.82) is 0 Å². The van der Waals surface area contributed by atoms with Gasteiger partial charge < -0.3 is 24.2 Å². The van der Waals surface area contributed by atoms with Crippen LogP contribution in [0.2, 0.25) is 0 Å². The van der Waals surface area contributed by atoms with E-state index in [2.05, 4.69) is 19.8 Å². The third-order valence-corrected chi connectivity index (χ3v) is 7.25. The van der Waals surface area contributed by atoms with Crippen molar-refractivity contribution in [2.24, 2.45) is 0 Å². The fraction of sp³-hybridized carbons (Fsp3) is 0.385. The zero-order valence-electron chi connectivity index (χ0n) is 20.8. The average Bonchev–Trinajstić information content (AvgIpc) is 3.42. The van der Waals surface area contributed by atoms with E-state index >= 15 is 0 Å². The molecule has 1 aromatic heterocycles. The second kappa shape index (κ2) is 10.3. The summed E-state index contributed by atoms with van der Waals surface area (Å²) in [5.41, 5.74) is 2.02. The molecule has 2 aromatic carbocycles. The fourth-order valence-corrected chi connectivity index (χ4v) is 5.23. The Morgan fingerprint density at radius 2 is 1.42 bits per heavy atom. The van der Waals surface area contributed by atoms with Gasteiger partial charge in [-0.25, -0.2) is 14.4 Å². The van der Waals surface area contributed by atoms with E-state index in [1.165, 1.54) is 18.5 Å². The van der Waals surface area contributed by atoms with Crippen molar-refractivity contribution in [2.45, 2.75) is 6.54 Å². The number of hydrogen-bond acceptors (Lipinski definition) is 10. The van der Waals surface area contributed by atoms with Gasteiger partial charge in [-0.15, -0.1) is 0 Å². The van der Waals surface area contributed by atoms with Gasteiger partial charge in [0, 0.05) is 64.6 Å². The molecule has 0 amide bonds. The van der Waals surface area contributed by atoms with E-state index < -0.39 is 0 Å². The first-order valence-electron chi connectivity index (χ1n) is 12.7. The molecular formula is C26H28FN7O4. The molecule has 38 heavy (non-hydrogen) atoms. The molecule has 0 spiro atoms. The lowest BCUT2D eigenvalue weighted by molar-refractivity contribution is -0.383. The molecule has 11 nitrogen and oxygen atoms in total. The van der Waals surface area contributed by atoms with Crippen molar-refractivity contribution >= 4 is 23.0 Å². The van der Waals surface area contributed by atoms with Crippen molar-refractivity contribution in [2.75, 3.05) is 73.9 Å². The van der Waals surface area contributed by atoms with Gasteiger partial charge in [0.05, 0.1) is 4.92 Å². The number of anilines is 3. The van der Waals surface area contributed by atoms with Crippen LogP contribution < -0.4 is 24.2 Å². The highest BCUT2D eigenvalue weighted by Crippen LogP contribution is 2.36. The Morgan fingerprint density at radius 1 is 0.816 bits per heavy atom. The van der Waals surface area contributed by atoms with Gasteiger partial charge >= 0.3 is 5.69 Å². The predicted octanol–water partition coefficient (Wildman–Crippen LogP) is 2.90. The largest absolute Gasteiger partial charge is 0.454 e. The second-order valence-electron chi connectivity index (χ2n) is 9.53. The molecule has 198 valence electrons. The fourth-order valence-electron chi connectivity index (χ4n) is 5.23. The highest BCUT2D eigenvalue weighted by atomic mass is 19.1. The van der Waals surface area contributed by atoms with E-state index in [4.69, 9.17) is 9.47 Å². The van der Waals surface area contributed by atoms with E-state index in [0.29, 0.717) is 50.9 Å². The Morgan fingerprint density at radius 3 is 2.08 bits per heavy atom. The summed E-state index contributed by atoms with van der Waals surface area (Å²) in [7, 11) is 0. The highest BCUT2D eigenvalue weighted by Gasteiger charge is 2.33. The molecule has 4 heterocycles. The molecule has 12 heteroatoms. The topological polar surface area (TPSA) is 100 Å². The molecule has 0 radical (unpaired) electrons. The SMILES string of the molecule is O=[N+]([O-])c1c(N2CCN(Cc3ccc4c(c3)OCO4)CC2)ncnc1N1CCN(c2ccc(F)cc2)CC1. The average molecular weight is 522 g/mol. The molecule has 0 aliphatic carbocycles. The standard InChI is InChI=1S/C26H28FN7O4/c27-20-2-4-21(5-3-20)31-11-13-33(14-12-31)26-24(34(35)36)25(28-17-29-26)32-9-7-30(8-10-32)16-19-1-6-22-23(15-19)38-18-37-22/h1-6,15,17H,7-14,16,18H2. The van der Waals surface area contributed by atoms with Crippen LogP contribution in [0.25, 0.3) is 0 Å². The number of aromatic nitrogens is 2. The minimum Gasteiger partial charge on any atom is -0.454 e. The summed E-state index contributed by atoms with van der Waals surface area (Å²) in [6, 6.07) is 12.4. The van der Waals surface area contributed by atoms with Crippen LogP contribution in [0.5, 0.6) is 11.5 Å². The first kappa shape index (κ1) is 24.2. The van der Waals surface area contributed by atoms with E-state index in [1.807, 2.05) is 28.0 Å². The summed E-state index contributed by atoms with van der Waals surface area (Å²) in [4.78, 5) is 28.9. The molecule has 0 saturated carbocycles. The van der Waals surface area contributed by atoms with Gasteiger partial charge in [-0.1, -0.05) is 6.07 Å². The molecule has 0 unspecified atom stereocenters. The Hall–Kier alpha value is -4.19. The summed E-state index contributed by atoms with van der Waals surface area (Å²) in [5.74, 6) is 1.97. The molecule has 2 saturated heterocycles. The minimum atomic E-state index is -0.365. The molecule has 0 atom stereocenters. The Balaban J connectivity index is 1.12. The van der Waals surface area contributed by atoms with Crippen LogP contribution in [0.1, 0.15) is 5.56 Å². The number of benzene rings is 2. The van der Waals surface area contributed by atoms with Gasteiger partial charge in [0.2, 0.25) is 18.4 Å². The summed E-state index contributed by atoms with van der Waals surface area (Å²) in [5, 5.41) is 12.2. The number of nitro groups is 1. The van der Waals surface area contributed by atoms with Crippen molar-refractivity contribution in [3.05, 3.63) is 70.3 Å². The van der Waals surface area contributed by atoms with Crippen molar-refractivity contribution < 1.29 is 18.8 Å². The first-order chi connectivity index (χ1) is 18.5. The number of nitrogens with zero attached hydrogens (tertiary/aromatic N) is 7. The summed E-state index contributed by atoms with van der Waals surface area (Å²) in [6.07, 6.45) is 1.42. The van der Waals surface area contributed by atoms with Gasteiger partial charge in [-0.05, 0) is 42.0 Å². The van der Waals surface area contributed by atoms with Crippen molar-refractivity contribution in [3.8, 4) is 11.5 Å². The zero-order chi connectivity index (χ0) is 26.1. The number of ether oxygens (including phenoxy) is 2. The Labute approximate surface area is 219 Å².